The summed E-state index contributed by atoms with van der Waals surface area (Å²) in [5.74, 6) is 0.00614. The molecular formula is C12H16N2O3. The van der Waals surface area contributed by atoms with E-state index in [2.05, 4.69) is 4.98 Å². The van der Waals surface area contributed by atoms with Gasteiger partial charge in [0, 0.05) is 14.5 Å². The number of H-pyrrole nitrogens is 1. The van der Waals surface area contributed by atoms with Gasteiger partial charge in [-0.15, -0.1) is 0 Å². The van der Waals surface area contributed by atoms with E-state index in [1.54, 1.807) is 6.92 Å². The first-order valence-corrected chi connectivity index (χ1v) is 5.79. The Hall–Kier alpha value is -1.36. The van der Waals surface area contributed by atoms with Crippen LogP contribution in [0.15, 0.2) is 15.8 Å². The summed E-state index contributed by atoms with van der Waals surface area (Å²) >= 11 is 0. The fourth-order valence-corrected chi connectivity index (χ4v) is 2.53. The fraction of sp³-hybridized carbons (Fsp3) is 0.667. The number of aromatic nitrogens is 2. The Kier molecular flexibility index (Phi) is 1.96. The molecule has 0 bridgehead atoms. The molecule has 0 unspecified atom stereocenters. The predicted octanol–water partition coefficient (Wildman–Crippen LogP) is 0.933. The first kappa shape index (κ1) is 8.69. The van der Waals surface area contributed by atoms with E-state index in [0.717, 1.165) is 0 Å². The monoisotopic (exact) mass is 240 g/mol. The number of hydrogen-bond acceptors (Lipinski definition) is 3. The van der Waals surface area contributed by atoms with Gasteiger partial charge in [-0.2, -0.15) is 0 Å². The van der Waals surface area contributed by atoms with Crippen molar-refractivity contribution in [2.75, 3.05) is 0 Å². The predicted molar refractivity (Wildman–Crippen MR) is 61.9 cm³/mol. The summed E-state index contributed by atoms with van der Waals surface area (Å²) in [6.45, 7) is 1.63. The average Bonchev–Trinajstić information content (AvgIpc) is 2.87. The van der Waals surface area contributed by atoms with Gasteiger partial charge in [-0.25, -0.2) is 4.79 Å². The lowest BCUT2D eigenvalue weighted by Gasteiger charge is -2.15. The van der Waals surface area contributed by atoms with E-state index in [0.29, 0.717) is 18.4 Å². The molecule has 0 radical (unpaired) electrons. The maximum atomic E-state index is 11.8. The van der Waals surface area contributed by atoms with Crippen molar-refractivity contribution in [1.82, 2.24) is 9.55 Å². The van der Waals surface area contributed by atoms with Gasteiger partial charge in [-0.1, -0.05) is 6.42 Å². The highest BCUT2D eigenvalue weighted by atomic mass is 16.5. The summed E-state index contributed by atoms with van der Waals surface area (Å²) < 4.78 is 22.9. The Morgan fingerprint density at radius 1 is 1.53 bits per heavy atom. The zero-order valence-corrected chi connectivity index (χ0v) is 9.55. The van der Waals surface area contributed by atoms with Crippen LogP contribution in [0.3, 0.4) is 0 Å². The first-order valence-electron chi connectivity index (χ1n) is 6.95. The van der Waals surface area contributed by atoms with Crippen LogP contribution in [-0.4, -0.2) is 15.7 Å². The molecule has 3 rings (SSSR count). The van der Waals surface area contributed by atoms with Gasteiger partial charge in [0.1, 0.15) is 6.23 Å². The molecule has 1 saturated carbocycles. The van der Waals surface area contributed by atoms with E-state index in [9.17, 15) is 9.59 Å². The minimum absolute atomic E-state index is 0.00614. The van der Waals surface area contributed by atoms with Crippen molar-refractivity contribution in [3.05, 3.63) is 32.6 Å². The second kappa shape index (κ2) is 3.84. The van der Waals surface area contributed by atoms with E-state index >= 15 is 0 Å². The van der Waals surface area contributed by atoms with Gasteiger partial charge in [0.25, 0.3) is 5.56 Å². The highest BCUT2D eigenvalue weighted by molar-refractivity contribution is 5.02. The maximum absolute atomic E-state index is 11.8. The molecule has 5 heteroatoms. The number of nitrogens with one attached hydrogen (secondary N) is 1. The summed E-state index contributed by atoms with van der Waals surface area (Å²) in [4.78, 5) is 25.4. The minimum Gasteiger partial charge on any atom is -0.354 e. The smallest absolute Gasteiger partial charge is 0.330 e. The number of nitrogens with zero attached hydrogens (tertiary/aromatic N) is 1. The molecule has 1 N–H and O–H groups in total. The van der Waals surface area contributed by atoms with E-state index < -0.39 is 23.9 Å². The molecule has 92 valence electrons. The SMILES string of the molecule is [3H][C@@H]1C[C@@H]([3H])[C@H]2O[C@H](n3cc(C)c(=O)[nH]c3=O)C[C@H]21. The lowest BCUT2D eigenvalue weighted by atomic mass is 10.0. The molecule has 0 aromatic carbocycles. The Morgan fingerprint density at radius 2 is 2.35 bits per heavy atom. The molecule has 0 spiro atoms. The molecular weight excluding hydrogens is 220 g/mol. The number of hydrogen-bond donors (Lipinski definition) is 1. The summed E-state index contributed by atoms with van der Waals surface area (Å²) in [6, 6.07) is 0. The number of fused-ring (bicyclic) bond motifs is 1. The third-order valence-electron chi connectivity index (χ3n) is 3.47. The van der Waals surface area contributed by atoms with Gasteiger partial charge in [-0.3, -0.25) is 14.3 Å². The van der Waals surface area contributed by atoms with Gasteiger partial charge in [0.15, 0.2) is 0 Å². The number of aromatic amines is 1. The van der Waals surface area contributed by atoms with Gasteiger partial charge >= 0.3 is 5.69 Å². The van der Waals surface area contributed by atoms with Gasteiger partial charge in [0.2, 0.25) is 0 Å². The molecule has 17 heavy (non-hydrogen) atoms. The largest absolute Gasteiger partial charge is 0.354 e. The summed E-state index contributed by atoms with van der Waals surface area (Å²) in [6.07, 6.45) is 1.14. The topological polar surface area (TPSA) is 64.1 Å². The molecule has 1 aromatic heterocycles. The molecule has 2 heterocycles. The van der Waals surface area contributed by atoms with Gasteiger partial charge in [-0.05, 0) is 32.1 Å². The molecule has 2 aliphatic rings. The van der Waals surface area contributed by atoms with E-state index in [1.165, 1.54) is 10.8 Å². The van der Waals surface area contributed by atoms with Crippen LogP contribution in [0, 0.1) is 12.8 Å². The lowest BCUT2D eigenvalue weighted by Crippen LogP contribution is -2.33. The average molecular weight is 240 g/mol. The molecule has 1 aromatic rings. The summed E-state index contributed by atoms with van der Waals surface area (Å²) in [5.41, 5.74) is -0.440. The van der Waals surface area contributed by atoms with Crippen molar-refractivity contribution in [2.24, 2.45) is 5.92 Å². The minimum atomic E-state index is -0.497. The zero-order chi connectivity index (χ0) is 13.7. The molecule has 1 aliphatic carbocycles. The van der Waals surface area contributed by atoms with E-state index in [-0.39, 0.29) is 18.4 Å². The third-order valence-corrected chi connectivity index (χ3v) is 3.47. The normalized spacial score (nSPS) is 42.1. The molecule has 1 saturated heterocycles. The molecule has 2 fully saturated rings. The van der Waals surface area contributed by atoms with Gasteiger partial charge in [0.05, 0.1) is 6.10 Å². The number of rotatable bonds is 1. The van der Waals surface area contributed by atoms with Crippen LogP contribution in [0.25, 0.3) is 0 Å². The highest BCUT2D eigenvalue weighted by Gasteiger charge is 2.39. The second-order valence-corrected chi connectivity index (χ2v) is 4.64. The van der Waals surface area contributed by atoms with Crippen molar-refractivity contribution < 1.29 is 7.48 Å². The van der Waals surface area contributed by atoms with Crippen LogP contribution in [0.4, 0.5) is 0 Å². The Labute approximate surface area is 101 Å². The van der Waals surface area contributed by atoms with Crippen molar-refractivity contribution in [3.63, 3.8) is 0 Å². The Bertz CT molecular complexity index is 596. The first-order chi connectivity index (χ1) is 8.97. The summed E-state index contributed by atoms with van der Waals surface area (Å²) in [7, 11) is 0. The number of ether oxygens (including phenoxy) is 1. The van der Waals surface area contributed by atoms with Crippen LogP contribution < -0.4 is 11.2 Å². The lowest BCUT2D eigenvalue weighted by molar-refractivity contribution is -0.00320. The van der Waals surface area contributed by atoms with Crippen LogP contribution in [-0.2, 0) is 4.74 Å². The second-order valence-electron chi connectivity index (χ2n) is 4.64. The molecule has 5 atom stereocenters. The molecule has 0 amide bonds. The standard InChI is InChI=1S/C12H16N2O3/c1-7-6-14(12(16)13-11(7)15)10-5-8-3-2-4-9(8)17-10/h6,8-10H,2-5H2,1H3,(H,13,15,16)/t8-,9-,10+/m1/s1/i3T,4T/t3-,4-,8-,9-,10+. The maximum Gasteiger partial charge on any atom is 0.330 e. The number of aryl methyl sites for hydroxylation is 1. The molecule has 1 aliphatic heterocycles. The van der Waals surface area contributed by atoms with Crippen molar-refractivity contribution in [1.29, 1.82) is 0 Å². The Morgan fingerprint density at radius 3 is 3.12 bits per heavy atom. The fourth-order valence-electron chi connectivity index (χ4n) is 2.53. The van der Waals surface area contributed by atoms with Gasteiger partial charge < -0.3 is 4.74 Å². The van der Waals surface area contributed by atoms with Crippen molar-refractivity contribution in [3.8, 4) is 0 Å². The third kappa shape index (κ3) is 1.74. The van der Waals surface area contributed by atoms with Crippen molar-refractivity contribution in [2.45, 2.75) is 44.9 Å². The quantitative estimate of drug-likeness (QED) is 0.794. The van der Waals surface area contributed by atoms with E-state index in [4.69, 9.17) is 7.48 Å². The Balaban J connectivity index is 1.92. The van der Waals surface area contributed by atoms with Crippen LogP contribution >= 0.6 is 0 Å². The molecule has 5 nitrogen and oxygen atoms in total. The van der Waals surface area contributed by atoms with Crippen LogP contribution in [0.5, 0.6) is 0 Å². The highest BCUT2D eigenvalue weighted by Crippen LogP contribution is 2.42. The summed E-state index contributed by atoms with van der Waals surface area (Å²) in [5, 5.41) is 0. The van der Waals surface area contributed by atoms with E-state index in [1.807, 2.05) is 0 Å². The van der Waals surface area contributed by atoms with Crippen LogP contribution in [0.1, 0.15) is 40.2 Å². The zero-order valence-electron chi connectivity index (χ0n) is 11.6. The van der Waals surface area contributed by atoms with Crippen LogP contribution in [0.2, 0.25) is 0 Å². The van der Waals surface area contributed by atoms with Crippen molar-refractivity contribution >= 4 is 0 Å².